The number of aryl methyl sites for hydroxylation is 1. The summed E-state index contributed by atoms with van der Waals surface area (Å²) < 4.78 is 5.99. The zero-order valence-electron chi connectivity index (χ0n) is 15.7. The van der Waals surface area contributed by atoms with Crippen LogP contribution in [0.1, 0.15) is 37.4 Å². The van der Waals surface area contributed by atoms with Gasteiger partial charge in [0.05, 0.1) is 35.5 Å². The number of pyridine rings is 2. The zero-order valence-corrected chi connectivity index (χ0v) is 15.7. The maximum absolute atomic E-state index is 13.2. The number of rotatable bonds is 7. The molecular weight excluding hydrogens is 354 g/mol. The van der Waals surface area contributed by atoms with Crippen molar-refractivity contribution in [3.8, 4) is 0 Å². The highest BCUT2D eigenvalue weighted by Crippen LogP contribution is 2.36. The lowest BCUT2D eigenvalue weighted by Crippen LogP contribution is -2.25. The van der Waals surface area contributed by atoms with Crippen LogP contribution in [0, 0.1) is 0 Å². The van der Waals surface area contributed by atoms with Crippen LogP contribution < -0.4 is 5.69 Å². The lowest BCUT2D eigenvalue weighted by atomic mass is 10.3. The molecule has 144 valence electrons. The van der Waals surface area contributed by atoms with Crippen LogP contribution in [0.2, 0.25) is 0 Å². The smallest absolute Gasteiger partial charge is 0.329 e. The molecule has 0 aliphatic heterocycles. The molecule has 1 aliphatic carbocycles. The van der Waals surface area contributed by atoms with Gasteiger partial charge in [0.15, 0.2) is 0 Å². The standard InChI is InChI=1S/C21H23N5O2/c27-10-2-1-9-24-17(11-15-5-7-22-12-19(15)24)14-25-20-13-23-8-6-18(20)26(21(25)28)16-3-4-16/h5-8,11-13,16,27H,1-4,9-10,14H2. The molecule has 0 atom stereocenters. The number of hydrogen-bond acceptors (Lipinski definition) is 4. The van der Waals surface area contributed by atoms with E-state index in [1.807, 2.05) is 27.5 Å². The summed E-state index contributed by atoms with van der Waals surface area (Å²) in [6.45, 7) is 1.47. The third-order valence-corrected chi connectivity index (χ3v) is 5.58. The van der Waals surface area contributed by atoms with Gasteiger partial charge in [-0.05, 0) is 43.9 Å². The lowest BCUT2D eigenvalue weighted by molar-refractivity contribution is 0.281. The highest BCUT2D eigenvalue weighted by molar-refractivity contribution is 5.80. The van der Waals surface area contributed by atoms with Crippen LogP contribution in [0.15, 0.2) is 47.8 Å². The molecule has 0 amide bonds. The molecule has 0 spiro atoms. The Morgan fingerprint density at radius 3 is 2.57 bits per heavy atom. The molecule has 4 aromatic heterocycles. The Labute approximate surface area is 161 Å². The van der Waals surface area contributed by atoms with Crippen LogP contribution in [-0.4, -0.2) is 35.4 Å². The average Bonchev–Trinajstić information content (AvgIpc) is 3.43. The highest BCUT2D eigenvalue weighted by atomic mass is 16.2. The van der Waals surface area contributed by atoms with Gasteiger partial charge in [-0.25, -0.2) is 4.79 Å². The van der Waals surface area contributed by atoms with E-state index in [1.54, 1.807) is 18.6 Å². The van der Waals surface area contributed by atoms with Crippen LogP contribution in [0.3, 0.4) is 0 Å². The predicted octanol–water partition coefficient (Wildman–Crippen LogP) is 2.70. The first-order chi connectivity index (χ1) is 13.8. The van der Waals surface area contributed by atoms with Crippen molar-refractivity contribution in [1.82, 2.24) is 23.7 Å². The van der Waals surface area contributed by atoms with Gasteiger partial charge in [0.25, 0.3) is 0 Å². The Hall–Kier alpha value is -2.93. The highest BCUT2D eigenvalue weighted by Gasteiger charge is 2.29. The van der Waals surface area contributed by atoms with E-state index < -0.39 is 0 Å². The minimum Gasteiger partial charge on any atom is -0.396 e. The summed E-state index contributed by atoms with van der Waals surface area (Å²) in [6.07, 6.45) is 11.0. The Morgan fingerprint density at radius 2 is 1.79 bits per heavy atom. The van der Waals surface area contributed by atoms with Gasteiger partial charge in [0, 0.05) is 42.7 Å². The largest absolute Gasteiger partial charge is 0.396 e. The second-order valence-electron chi connectivity index (χ2n) is 7.49. The van der Waals surface area contributed by atoms with Crippen molar-refractivity contribution >= 4 is 21.9 Å². The third kappa shape index (κ3) is 2.82. The van der Waals surface area contributed by atoms with E-state index in [9.17, 15) is 4.79 Å². The summed E-state index contributed by atoms with van der Waals surface area (Å²) in [5.41, 5.74) is 4.02. The molecule has 28 heavy (non-hydrogen) atoms. The first-order valence-corrected chi connectivity index (χ1v) is 9.85. The maximum Gasteiger partial charge on any atom is 0.329 e. The van der Waals surface area contributed by atoms with Gasteiger partial charge in [0.1, 0.15) is 0 Å². The monoisotopic (exact) mass is 377 g/mol. The zero-order chi connectivity index (χ0) is 19.1. The third-order valence-electron chi connectivity index (χ3n) is 5.58. The van der Waals surface area contributed by atoms with Crippen molar-refractivity contribution in [1.29, 1.82) is 0 Å². The van der Waals surface area contributed by atoms with Gasteiger partial charge in [0.2, 0.25) is 0 Å². The van der Waals surface area contributed by atoms with Crippen molar-refractivity contribution in [2.24, 2.45) is 0 Å². The molecule has 4 aromatic rings. The molecule has 0 saturated heterocycles. The van der Waals surface area contributed by atoms with Gasteiger partial charge in [-0.3, -0.25) is 19.1 Å². The number of nitrogens with zero attached hydrogens (tertiary/aromatic N) is 5. The molecule has 1 aliphatic rings. The van der Waals surface area contributed by atoms with E-state index in [1.165, 1.54) is 0 Å². The number of fused-ring (bicyclic) bond motifs is 2. The van der Waals surface area contributed by atoms with Crippen molar-refractivity contribution in [2.45, 2.75) is 44.8 Å². The molecule has 1 fully saturated rings. The summed E-state index contributed by atoms with van der Waals surface area (Å²) in [5.74, 6) is 0. The molecule has 4 heterocycles. The van der Waals surface area contributed by atoms with E-state index in [0.717, 1.165) is 59.9 Å². The number of aliphatic hydroxyl groups is 1. The van der Waals surface area contributed by atoms with Gasteiger partial charge in [-0.1, -0.05) is 0 Å². The van der Waals surface area contributed by atoms with E-state index >= 15 is 0 Å². The van der Waals surface area contributed by atoms with Crippen LogP contribution in [-0.2, 0) is 13.1 Å². The van der Waals surface area contributed by atoms with Gasteiger partial charge in [-0.2, -0.15) is 0 Å². The summed E-state index contributed by atoms with van der Waals surface area (Å²) in [4.78, 5) is 21.7. The minimum absolute atomic E-state index is 0.0378. The molecule has 1 N–H and O–H groups in total. The second kappa shape index (κ2) is 6.91. The number of aromatic nitrogens is 5. The molecule has 0 unspecified atom stereocenters. The molecule has 7 heteroatoms. The maximum atomic E-state index is 13.2. The Bertz CT molecular complexity index is 1200. The van der Waals surface area contributed by atoms with Crippen LogP contribution in [0.25, 0.3) is 21.9 Å². The van der Waals surface area contributed by atoms with Crippen molar-refractivity contribution in [3.63, 3.8) is 0 Å². The molecule has 0 aromatic carbocycles. The lowest BCUT2D eigenvalue weighted by Gasteiger charge is -2.11. The molecule has 7 nitrogen and oxygen atoms in total. The van der Waals surface area contributed by atoms with E-state index in [2.05, 4.69) is 20.6 Å². The number of aliphatic hydroxyl groups excluding tert-OH is 1. The molecule has 0 bridgehead atoms. The van der Waals surface area contributed by atoms with E-state index in [4.69, 9.17) is 5.11 Å². The number of imidazole rings is 1. The fourth-order valence-corrected chi connectivity index (χ4v) is 4.06. The first kappa shape index (κ1) is 17.2. The predicted molar refractivity (Wildman–Crippen MR) is 107 cm³/mol. The first-order valence-electron chi connectivity index (χ1n) is 9.85. The fraction of sp³-hybridized carbons (Fsp3) is 0.381. The van der Waals surface area contributed by atoms with Crippen LogP contribution in [0.5, 0.6) is 0 Å². The quantitative estimate of drug-likeness (QED) is 0.502. The summed E-state index contributed by atoms with van der Waals surface area (Å²) >= 11 is 0. The second-order valence-corrected chi connectivity index (χ2v) is 7.49. The molecule has 5 rings (SSSR count). The summed E-state index contributed by atoms with van der Waals surface area (Å²) in [5, 5.41) is 10.3. The average molecular weight is 377 g/mol. The van der Waals surface area contributed by atoms with Crippen LogP contribution >= 0.6 is 0 Å². The fourth-order valence-electron chi connectivity index (χ4n) is 4.06. The minimum atomic E-state index is 0.0378. The van der Waals surface area contributed by atoms with Gasteiger partial charge >= 0.3 is 5.69 Å². The van der Waals surface area contributed by atoms with E-state index in [0.29, 0.717) is 12.6 Å². The Morgan fingerprint density at radius 1 is 1.00 bits per heavy atom. The van der Waals surface area contributed by atoms with Crippen molar-refractivity contribution in [3.05, 3.63) is 59.2 Å². The van der Waals surface area contributed by atoms with Gasteiger partial charge in [-0.15, -0.1) is 0 Å². The summed E-state index contributed by atoms with van der Waals surface area (Å²) in [6, 6.07) is 6.39. The molecule has 1 saturated carbocycles. The van der Waals surface area contributed by atoms with Crippen LogP contribution in [0.4, 0.5) is 0 Å². The summed E-state index contributed by atoms with van der Waals surface area (Å²) in [7, 11) is 0. The normalized spacial score (nSPS) is 14.3. The van der Waals surface area contributed by atoms with E-state index in [-0.39, 0.29) is 12.3 Å². The molecular formula is C21H23N5O2. The molecule has 0 radical (unpaired) electrons. The Balaban J connectivity index is 1.62. The van der Waals surface area contributed by atoms with Crippen molar-refractivity contribution < 1.29 is 5.11 Å². The SMILES string of the molecule is O=c1n(Cc2cc3ccncc3n2CCCCO)c2cnccc2n1C1CC1. The number of unbranched alkanes of at least 4 members (excludes halogenated alkanes) is 1. The Kier molecular flexibility index (Phi) is 4.24. The number of hydrogen-bond donors (Lipinski definition) is 1. The van der Waals surface area contributed by atoms with Crippen molar-refractivity contribution in [2.75, 3.05) is 6.61 Å². The van der Waals surface area contributed by atoms with Gasteiger partial charge < -0.3 is 9.67 Å². The topological polar surface area (TPSA) is 77.9 Å².